The summed E-state index contributed by atoms with van der Waals surface area (Å²) in [5.74, 6) is -0.795. The Morgan fingerprint density at radius 2 is 1.67 bits per heavy atom. The fraction of sp³-hybridized carbons (Fsp3) is 0.647. The van der Waals surface area contributed by atoms with Gasteiger partial charge >= 0.3 is 6.18 Å². The maximum Gasteiger partial charge on any atom is 0.416 e. The third-order valence-corrected chi connectivity index (χ3v) is 4.46. The average molecular weight is 347 g/mol. The van der Waals surface area contributed by atoms with E-state index in [1.807, 2.05) is 4.90 Å². The van der Waals surface area contributed by atoms with Crippen molar-refractivity contribution in [2.45, 2.75) is 38.9 Å². The van der Waals surface area contributed by atoms with Gasteiger partial charge < -0.3 is 10.6 Å². The van der Waals surface area contributed by atoms with Crippen LogP contribution >= 0.6 is 0 Å². The number of nitrogen functional groups attached to an aromatic ring is 1. The maximum absolute atomic E-state index is 13.6. The van der Waals surface area contributed by atoms with Crippen molar-refractivity contribution >= 4 is 5.69 Å². The van der Waals surface area contributed by atoms with Gasteiger partial charge in [0.1, 0.15) is 5.82 Å². The van der Waals surface area contributed by atoms with Crippen molar-refractivity contribution in [3.05, 3.63) is 29.1 Å². The number of alkyl halides is 3. The Kier molecular flexibility index (Phi) is 6.46. The monoisotopic (exact) mass is 347 g/mol. The highest BCUT2D eigenvalue weighted by molar-refractivity contribution is 5.47. The van der Waals surface area contributed by atoms with Crippen LogP contribution in [0.4, 0.5) is 23.2 Å². The Morgan fingerprint density at radius 3 is 2.25 bits per heavy atom. The molecule has 1 fully saturated rings. The second-order valence-electron chi connectivity index (χ2n) is 6.35. The fourth-order valence-electron chi connectivity index (χ4n) is 3.02. The minimum Gasteiger partial charge on any atom is -0.396 e. The molecule has 0 amide bonds. The topological polar surface area (TPSA) is 32.5 Å². The number of piperazine rings is 1. The van der Waals surface area contributed by atoms with Gasteiger partial charge in [0.15, 0.2) is 0 Å². The van der Waals surface area contributed by atoms with E-state index in [0.29, 0.717) is 19.2 Å². The zero-order valence-electron chi connectivity index (χ0n) is 14.0. The molecule has 3 nitrogen and oxygen atoms in total. The van der Waals surface area contributed by atoms with Crippen molar-refractivity contribution < 1.29 is 17.6 Å². The number of nitrogens with zero attached hydrogens (tertiary/aromatic N) is 2. The van der Waals surface area contributed by atoms with Crippen molar-refractivity contribution in [1.82, 2.24) is 9.80 Å². The van der Waals surface area contributed by atoms with Gasteiger partial charge in [0.2, 0.25) is 0 Å². The Balaban J connectivity index is 1.98. The van der Waals surface area contributed by atoms with Crippen LogP contribution < -0.4 is 5.73 Å². The molecule has 1 aliphatic rings. The van der Waals surface area contributed by atoms with Crippen LogP contribution in [-0.2, 0) is 12.7 Å². The number of anilines is 1. The van der Waals surface area contributed by atoms with E-state index in [1.54, 1.807) is 0 Å². The molecule has 1 aliphatic heterocycles. The lowest BCUT2D eigenvalue weighted by Crippen LogP contribution is -2.46. The predicted molar refractivity (Wildman–Crippen MR) is 87.1 cm³/mol. The highest BCUT2D eigenvalue weighted by Gasteiger charge is 2.34. The van der Waals surface area contributed by atoms with E-state index < -0.39 is 23.2 Å². The summed E-state index contributed by atoms with van der Waals surface area (Å²) in [5, 5.41) is 0. The van der Waals surface area contributed by atoms with Crippen LogP contribution in [-0.4, -0.2) is 42.5 Å². The molecular formula is C17H25F4N3. The average Bonchev–Trinajstić information content (AvgIpc) is 2.51. The molecule has 2 rings (SSSR count). The molecule has 7 heteroatoms. The van der Waals surface area contributed by atoms with E-state index >= 15 is 0 Å². The van der Waals surface area contributed by atoms with Crippen molar-refractivity contribution in [1.29, 1.82) is 0 Å². The molecule has 0 radical (unpaired) electrons. The number of rotatable bonds is 6. The predicted octanol–water partition coefficient (Wildman–Crippen LogP) is 3.73. The summed E-state index contributed by atoms with van der Waals surface area (Å²) in [5.41, 5.74) is 3.95. The number of unbranched alkanes of at least 4 members (excludes halogenated alkanes) is 2. The first-order valence-electron chi connectivity index (χ1n) is 8.41. The molecule has 2 N–H and O–H groups in total. The first kappa shape index (κ1) is 19.0. The molecule has 0 aromatic heterocycles. The van der Waals surface area contributed by atoms with Crippen LogP contribution in [0.25, 0.3) is 0 Å². The highest BCUT2D eigenvalue weighted by Crippen LogP contribution is 2.35. The molecule has 0 atom stereocenters. The molecule has 0 bridgehead atoms. The SMILES string of the molecule is CCCCCN1CCN(Cc2cc(F)c(N)cc2C(F)(F)F)CC1. The van der Waals surface area contributed by atoms with Crippen LogP contribution in [0.1, 0.15) is 37.3 Å². The fourth-order valence-corrected chi connectivity index (χ4v) is 3.02. The van der Waals surface area contributed by atoms with Crippen LogP contribution in [0.15, 0.2) is 12.1 Å². The highest BCUT2D eigenvalue weighted by atomic mass is 19.4. The minimum atomic E-state index is -4.53. The van der Waals surface area contributed by atoms with Crippen LogP contribution in [0, 0.1) is 5.82 Å². The van der Waals surface area contributed by atoms with Gasteiger partial charge in [-0.1, -0.05) is 19.8 Å². The van der Waals surface area contributed by atoms with E-state index in [9.17, 15) is 17.6 Å². The van der Waals surface area contributed by atoms with Crippen molar-refractivity contribution in [2.24, 2.45) is 0 Å². The zero-order valence-corrected chi connectivity index (χ0v) is 14.0. The smallest absolute Gasteiger partial charge is 0.396 e. The molecular weight excluding hydrogens is 322 g/mol. The Morgan fingerprint density at radius 1 is 1.04 bits per heavy atom. The lowest BCUT2D eigenvalue weighted by molar-refractivity contribution is -0.138. The molecule has 1 aromatic rings. The van der Waals surface area contributed by atoms with E-state index in [1.165, 1.54) is 12.8 Å². The van der Waals surface area contributed by atoms with Gasteiger partial charge in [0.05, 0.1) is 11.3 Å². The van der Waals surface area contributed by atoms with Crippen LogP contribution in [0.5, 0.6) is 0 Å². The van der Waals surface area contributed by atoms with Crippen molar-refractivity contribution in [2.75, 3.05) is 38.5 Å². The number of hydrogen-bond donors (Lipinski definition) is 1. The van der Waals surface area contributed by atoms with E-state index in [4.69, 9.17) is 5.73 Å². The lowest BCUT2D eigenvalue weighted by atomic mass is 10.0. The summed E-state index contributed by atoms with van der Waals surface area (Å²) in [4.78, 5) is 4.27. The van der Waals surface area contributed by atoms with Gasteiger partial charge in [-0.3, -0.25) is 4.90 Å². The summed E-state index contributed by atoms with van der Waals surface area (Å²) < 4.78 is 53.1. The molecule has 0 saturated carbocycles. The molecule has 1 aromatic carbocycles. The third-order valence-electron chi connectivity index (χ3n) is 4.46. The van der Waals surface area contributed by atoms with Crippen LogP contribution in [0.2, 0.25) is 0 Å². The van der Waals surface area contributed by atoms with Gasteiger partial charge in [-0.2, -0.15) is 13.2 Å². The van der Waals surface area contributed by atoms with Crippen molar-refractivity contribution in [3.8, 4) is 0 Å². The van der Waals surface area contributed by atoms with Gasteiger partial charge in [0, 0.05) is 32.7 Å². The molecule has 0 aliphatic carbocycles. The van der Waals surface area contributed by atoms with Gasteiger partial charge in [-0.15, -0.1) is 0 Å². The Labute approximate surface area is 140 Å². The molecule has 1 saturated heterocycles. The summed E-state index contributed by atoms with van der Waals surface area (Å²) >= 11 is 0. The number of halogens is 4. The van der Waals surface area contributed by atoms with E-state index in [2.05, 4.69) is 11.8 Å². The molecule has 0 unspecified atom stereocenters. The number of hydrogen-bond acceptors (Lipinski definition) is 3. The zero-order chi connectivity index (χ0) is 17.7. The van der Waals surface area contributed by atoms with Crippen LogP contribution in [0.3, 0.4) is 0 Å². The Bertz CT molecular complexity index is 537. The normalized spacial score (nSPS) is 17.4. The van der Waals surface area contributed by atoms with Crippen molar-refractivity contribution in [3.63, 3.8) is 0 Å². The molecule has 24 heavy (non-hydrogen) atoms. The lowest BCUT2D eigenvalue weighted by Gasteiger charge is -2.35. The maximum atomic E-state index is 13.6. The Hall–Kier alpha value is -1.34. The third kappa shape index (κ3) is 5.08. The largest absolute Gasteiger partial charge is 0.416 e. The van der Waals surface area contributed by atoms with Gasteiger partial charge in [-0.05, 0) is 30.7 Å². The summed E-state index contributed by atoms with van der Waals surface area (Å²) in [6, 6.07) is 1.62. The van der Waals surface area contributed by atoms with E-state index in [0.717, 1.165) is 32.1 Å². The van der Waals surface area contributed by atoms with Gasteiger partial charge in [-0.25, -0.2) is 4.39 Å². The summed E-state index contributed by atoms with van der Waals surface area (Å²) in [6.45, 7) is 6.33. The van der Waals surface area contributed by atoms with Gasteiger partial charge in [0.25, 0.3) is 0 Å². The first-order valence-corrected chi connectivity index (χ1v) is 8.41. The second kappa shape index (κ2) is 8.16. The quantitative estimate of drug-likeness (QED) is 0.483. The van der Waals surface area contributed by atoms with E-state index in [-0.39, 0.29) is 12.1 Å². The minimum absolute atomic E-state index is 0.0476. The molecule has 1 heterocycles. The summed E-state index contributed by atoms with van der Waals surface area (Å²) in [6.07, 6.45) is -1.01. The number of nitrogens with two attached hydrogens (primary N) is 1. The molecule has 0 spiro atoms. The summed E-state index contributed by atoms with van der Waals surface area (Å²) in [7, 11) is 0. The molecule has 136 valence electrons. The standard InChI is InChI=1S/C17H25F4N3/c1-2-3-4-5-23-6-8-24(9-7-23)12-13-10-15(18)16(22)11-14(13)17(19,20)21/h10-11H,2-9,12,22H2,1H3. The first-order chi connectivity index (χ1) is 11.3. The second-order valence-corrected chi connectivity index (χ2v) is 6.35. The number of benzene rings is 1.